The van der Waals surface area contributed by atoms with E-state index < -0.39 is 5.41 Å². The minimum absolute atomic E-state index is 0.201. The van der Waals surface area contributed by atoms with Crippen LogP contribution in [-0.4, -0.2) is 11.8 Å². The van der Waals surface area contributed by atoms with Crippen LogP contribution >= 0.6 is 0 Å². The highest BCUT2D eigenvalue weighted by molar-refractivity contribution is 6.22. The number of hydrogen-bond donors (Lipinski definition) is 1. The summed E-state index contributed by atoms with van der Waals surface area (Å²) in [6.07, 6.45) is 2.26. The van der Waals surface area contributed by atoms with Crippen LogP contribution in [0.15, 0.2) is 60.7 Å². The zero-order valence-corrected chi connectivity index (χ0v) is 13.2. The van der Waals surface area contributed by atoms with Gasteiger partial charge >= 0.3 is 0 Å². The Kier molecular flexibility index (Phi) is 4.15. The maximum absolute atomic E-state index is 13.2. The minimum Gasteiger partial charge on any atom is -0.272 e. The molecule has 0 aliphatic carbocycles. The molecule has 1 saturated heterocycles. The average molecular weight is 308 g/mol. The largest absolute Gasteiger partial charge is 0.272 e. The van der Waals surface area contributed by atoms with Crippen molar-refractivity contribution in [2.75, 3.05) is 5.01 Å². The smallest absolute Gasteiger partial charge is 0.265 e. The van der Waals surface area contributed by atoms with Crippen molar-refractivity contribution in [3.05, 3.63) is 66.2 Å². The van der Waals surface area contributed by atoms with Crippen molar-refractivity contribution in [3.63, 3.8) is 0 Å². The van der Waals surface area contributed by atoms with E-state index in [1.54, 1.807) is 0 Å². The van der Waals surface area contributed by atoms with Crippen molar-refractivity contribution in [2.45, 2.75) is 31.6 Å². The minimum atomic E-state index is -1.13. The second-order valence-corrected chi connectivity index (χ2v) is 5.79. The summed E-state index contributed by atoms with van der Waals surface area (Å²) < 4.78 is 0. The van der Waals surface area contributed by atoms with Crippen LogP contribution in [0.3, 0.4) is 0 Å². The molecule has 0 spiro atoms. The highest BCUT2D eigenvalue weighted by Crippen LogP contribution is 2.37. The fourth-order valence-corrected chi connectivity index (χ4v) is 3.08. The average Bonchev–Trinajstić information content (AvgIpc) is 2.86. The van der Waals surface area contributed by atoms with Crippen molar-refractivity contribution in [1.29, 1.82) is 0 Å². The van der Waals surface area contributed by atoms with E-state index in [0.29, 0.717) is 12.1 Å². The van der Waals surface area contributed by atoms with Gasteiger partial charge in [0, 0.05) is 0 Å². The topological polar surface area (TPSA) is 49.4 Å². The van der Waals surface area contributed by atoms with Gasteiger partial charge in [-0.3, -0.25) is 15.0 Å². The Hall–Kier alpha value is -2.62. The van der Waals surface area contributed by atoms with Gasteiger partial charge in [0.15, 0.2) is 5.41 Å². The maximum atomic E-state index is 13.2. The second kappa shape index (κ2) is 6.24. The number of amides is 2. The number of nitrogens with one attached hydrogen (secondary N) is 1. The molecule has 4 nitrogen and oxygen atoms in total. The third-order valence-electron chi connectivity index (χ3n) is 4.36. The summed E-state index contributed by atoms with van der Waals surface area (Å²) in [6, 6.07) is 18.6. The molecule has 1 atom stereocenters. The van der Waals surface area contributed by atoms with Gasteiger partial charge < -0.3 is 0 Å². The predicted molar refractivity (Wildman–Crippen MR) is 89.7 cm³/mol. The number of carbonyl (C=O) groups excluding carboxylic acids is 2. The number of rotatable bonds is 5. The fraction of sp³-hybridized carbons (Fsp3) is 0.263. The van der Waals surface area contributed by atoms with Gasteiger partial charge in [0.05, 0.1) is 5.69 Å². The summed E-state index contributed by atoms with van der Waals surface area (Å²) in [6.45, 7) is 2.06. The van der Waals surface area contributed by atoms with E-state index in [0.717, 1.165) is 18.4 Å². The van der Waals surface area contributed by atoms with Crippen molar-refractivity contribution >= 4 is 17.5 Å². The Morgan fingerprint density at radius 3 is 2.17 bits per heavy atom. The normalized spacial score (nSPS) is 20.7. The number of benzene rings is 2. The number of unbranched alkanes of at least 4 members (excludes halogenated alkanes) is 1. The van der Waals surface area contributed by atoms with Crippen LogP contribution in [-0.2, 0) is 15.0 Å². The first kappa shape index (κ1) is 15.3. The van der Waals surface area contributed by atoms with E-state index in [9.17, 15) is 9.59 Å². The number of hydrogen-bond acceptors (Lipinski definition) is 2. The van der Waals surface area contributed by atoms with Crippen LogP contribution in [0.1, 0.15) is 31.7 Å². The zero-order chi connectivity index (χ0) is 16.3. The Labute approximate surface area is 136 Å². The lowest BCUT2D eigenvalue weighted by Gasteiger charge is -2.24. The second-order valence-electron chi connectivity index (χ2n) is 5.79. The number of anilines is 1. The summed E-state index contributed by atoms with van der Waals surface area (Å²) in [4.78, 5) is 26.0. The zero-order valence-electron chi connectivity index (χ0n) is 13.2. The molecular weight excluding hydrogens is 288 g/mol. The Morgan fingerprint density at radius 1 is 0.957 bits per heavy atom. The highest BCUT2D eigenvalue weighted by atomic mass is 16.2. The molecule has 2 aromatic carbocycles. The molecule has 0 bridgehead atoms. The first-order valence-corrected chi connectivity index (χ1v) is 7.96. The number of hydrazine groups is 1. The molecule has 0 radical (unpaired) electrons. The molecule has 2 amide bonds. The van der Waals surface area contributed by atoms with Crippen LogP contribution < -0.4 is 10.4 Å². The van der Waals surface area contributed by atoms with Gasteiger partial charge in [-0.2, -0.15) is 0 Å². The number of nitrogens with zero attached hydrogens (tertiary/aromatic N) is 1. The van der Waals surface area contributed by atoms with E-state index in [2.05, 4.69) is 12.3 Å². The molecule has 0 saturated carbocycles. The first-order chi connectivity index (χ1) is 11.2. The van der Waals surface area contributed by atoms with Crippen LogP contribution in [0.25, 0.3) is 0 Å². The lowest BCUT2D eigenvalue weighted by atomic mass is 9.75. The van der Waals surface area contributed by atoms with E-state index >= 15 is 0 Å². The van der Waals surface area contributed by atoms with Gasteiger partial charge in [0.25, 0.3) is 11.8 Å². The van der Waals surface area contributed by atoms with Crippen LogP contribution in [0.5, 0.6) is 0 Å². The third-order valence-corrected chi connectivity index (χ3v) is 4.36. The molecule has 1 fully saturated rings. The third kappa shape index (κ3) is 2.50. The maximum Gasteiger partial charge on any atom is 0.265 e. The summed E-state index contributed by atoms with van der Waals surface area (Å²) >= 11 is 0. The SMILES string of the molecule is CCCC[C@]1(c2ccccc2)C(=O)NN(c2ccccc2)C1=O. The molecule has 118 valence electrons. The van der Waals surface area contributed by atoms with E-state index in [4.69, 9.17) is 0 Å². The van der Waals surface area contributed by atoms with E-state index in [-0.39, 0.29) is 11.8 Å². The number of para-hydroxylation sites is 1. The van der Waals surface area contributed by atoms with Gasteiger partial charge in [-0.1, -0.05) is 68.3 Å². The molecule has 0 aromatic heterocycles. The molecule has 1 aliphatic rings. The van der Waals surface area contributed by atoms with Gasteiger partial charge in [0.1, 0.15) is 0 Å². The Bertz CT molecular complexity index is 700. The Balaban J connectivity index is 2.05. The fourth-order valence-electron chi connectivity index (χ4n) is 3.08. The lowest BCUT2D eigenvalue weighted by molar-refractivity contribution is -0.130. The lowest BCUT2D eigenvalue weighted by Crippen LogP contribution is -2.41. The first-order valence-electron chi connectivity index (χ1n) is 7.96. The predicted octanol–water partition coefficient (Wildman–Crippen LogP) is 3.19. The van der Waals surface area contributed by atoms with E-state index in [1.165, 1.54) is 5.01 Å². The van der Waals surface area contributed by atoms with Gasteiger partial charge in [0.2, 0.25) is 0 Å². The number of carbonyl (C=O) groups is 2. The van der Waals surface area contributed by atoms with Crippen LogP contribution in [0.4, 0.5) is 5.69 Å². The molecule has 1 N–H and O–H groups in total. The van der Waals surface area contributed by atoms with Crippen molar-refractivity contribution in [2.24, 2.45) is 0 Å². The summed E-state index contributed by atoms with van der Waals surface area (Å²) in [5.74, 6) is -0.445. The van der Waals surface area contributed by atoms with Crippen LogP contribution in [0, 0.1) is 0 Å². The molecule has 0 unspecified atom stereocenters. The Morgan fingerprint density at radius 2 is 1.57 bits per heavy atom. The summed E-state index contributed by atoms with van der Waals surface area (Å²) in [7, 11) is 0. The summed E-state index contributed by atoms with van der Waals surface area (Å²) in [5.41, 5.74) is 3.07. The molecule has 4 heteroatoms. The van der Waals surface area contributed by atoms with Gasteiger partial charge in [-0.25, -0.2) is 5.01 Å². The molecule has 3 rings (SSSR count). The van der Waals surface area contributed by atoms with Crippen molar-refractivity contribution in [1.82, 2.24) is 5.43 Å². The van der Waals surface area contributed by atoms with Crippen molar-refractivity contribution < 1.29 is 9.59 Å². The molecule has 2 aromatic rings. The van der Waals surface area contributed by atoms with Gasteiger partial charge in [-0.05, 0) is 24.1 Å². The van der Waals surface area contributed by atoms with Crippen molar-refractivity contribution in [3.8, 4) is 0 Å². The van der Waals surface area contributed by atoms with Gasteiger partial charge in [-0.15, -0.1) is 0 Å². The molecule has 23 heavy (non-hydrogen) atoms. The molecule has 1 aliphatic heterocycles. The molecular formula is C19H20N2O2. The van der Waals surface area contributed by atoms with Crippen LogP contribution in [0.2, 0.25) is 0 Å². The summed E-state index contributed by atoms with van der Waals surface area (Å²) in [5, 5.41) is 1.38. The quantitative estimate of drug-likeness (QED) is 0.862. The van der Waals surface area contributed by atoms with E-state index in [1.807, 2.05) is 60.7 Å². The highest BCUT2D eigenvalue weighted by Gasteiger charge is 2.55. The molecule has 1 heterocycles. The standard InChI is InChI=1S/C19H20N2O2/c1-2-3-14-19(15-10-6-4-7-11-15)17(22)20-21(18(19)23)16-12-8-5-9-13-16/h4-13H,2-3,14H2,1H3,(H,20,22)/t19-/m0/s1. The monoisotopic (exact) mass is 308 g/mol.